The average Bonchev–Trinajstić information content (AvgIpc) is 2.85. The molecule has 1 atom stereocenters. The smallest absolute Gasteiger partial charge is 0.439 e. The van der Waals surface area contributed by atoms with Gasteiger partial charge in [0.05, 0.1) is 19.1 Å². The van der Waals surface area contributed by atoms with E-state index in [1.165, 1.54) is 13.2 Å². The van der Waals surface area contributed by atoms with Crippen molar-refractivity contribution in [2.75, 3.05) is 13.9 Å². The van der Waals surface area contributed by atoms with Crippen LogP contribution in [0.5, 0.6) is 5.75 Å². The minimum absolute atomic E-state index is 0. The number of methoxy groups -OCH3 is 1. The van der Waals surface area contributed by atoms with Gasteiger partial charge in [-0.2, -0.15) is 0 Å². The Morgan fingerprint density at radius 2 is 1.54 bits per heavy atom. The third kappa shape index (κ3) is 8.92. The number of carboxylic acids is 1. The highest BCUT2D eigenvalue weighted by Gasteiger charge is 2.41. The van der Waals surface area contributed by atoms with Crippen molar-refractivity contribution >= 4 is 42.3 Å². The number of benzene rings is 2. The van der Waals surface area contributed by atoms with Gasteiger partial charge >= 0.3 is 18.0 Å². The van der Waals surface area contributed by atoms with Crippen LogP contribution in [0.25, 0.3) is 0 Å². The number of ether oxygens (including phenoxy) is 3. The fourth-order valence-electron chi connectivity index (χ4n) is 3.89. The van der Waals surface area contributed by atoms with Crippen LogP contribution in [-0.4, -0.2) is 70.5 Å². The monoisotopic (exact) mass is 593 g/mol. The van der Waals surface area contributed by atoms with E-state index < -0.39 is 54.6 Å². The summed E-state index contributed by atoms with van der Waals surface area (Å²) >= 11 is 0. The number of aliphatic carboxylic acids is 1. The maximum absolute atomic E-state index is 13.9. The highest BCUT2D eigenvalue weighted by molar-refractivity contribution is 6.07. The maximum Gasteiger partial charge on any atom is 0.439 e. The SMILES string of the molecule is COc1cccc(C(=O)N(C(=O)OCOC(=O)CC(N)C(=O)O)N(C(=O)c2cc(C)cc(C)c2)C(C)(C)C)c1C.Cl. The number of imide groups is 1. The van der Waals surface area contributed by atoms with Crippen LogP contribution >= 0.6 is 12.4 Å². The number of amides is 3. The van der Waals surface area contributed by atoms with Gasteiger partial charge in [-0.3, -0.25) is 19.2 Å². The van der Waals surface area contributed by atoms with Gasteiger partial charge in [0.25, 0.3) is 11.8 Å². The zero-order valence-corrected chi connectivity index (χ0v) is 24.9. The first kappa shape index (κ1) is 34.9. The van der Waals surface area contributed by atoms with Crippen molar-refractivity contribution in [3.8, 4) is 5.75 Å². The van der Waals surface area contributed by atoms with E-state index in [2.05, 4.69) is 0 Å². The van der Waals surface area contributed by atoms with Crippen LogP contribution in [0.3, 0.4) is 0 Å². The molecule has 0 heterocycles. The summed E-state index contributed by atoms with van der Waals surface area (Å²) in [7, 11) is 1.43. The molecule has 3 N–H and O–H groups in total. The summed E-state index contributed by atoms with van der Waals surface area (Å²) in [6.45, 7) is 9.18. The first-order valence-electron chi connectivity index (χ1n) is 12.3. The number of rotatable bonds is 8. The number of hydrazine groups is 1. The highest BCUT2D eigenvalue weighted by atomic mass is 35.5. The Hall–Kier alpha value is -4.16. The number of aryl methyl sites for hydroxylation is 2. The topological polar surface area (TPSA) is 166 Å². The number of nitrogens with zero attached hydrogens (tertiary/aromatic N) is 2. The van der Waals surface area contributed by atoms with E-state index in [9.17, 15) is 24.0 Å². The Morgan fingerprint density at radius 1 is 0.951 bits per heavy atom. The molecule has 0 bridgehead atoms. The standard InChI is InChI=1S/C28H35N3O9.ClH/c1-16-11-17(2)13-19(12-16)24(33)31(28(4,5)6)30(25(34)20-9-8-10-22(38-7)18(20)3)27(37)40-15-39-23(32)14-21(29)26(35)36;/h8-13,21H,14-15,29H2,1-7H3,(H,35,36);1H. The van der Waals surface area contributed by atoms with E-state index in [4.69, 9.17) is 25.1 Å². The van der Waals surface area contributed by atoms with Gasteiger partial charge in [0.15, 0.2) is 0 Å². The normalized spacial score (nSPS) is 11.4. The zero-order valence-electron chi connectivity index (χ0n) is 24.0. The summed E-state index contributed by atoms with van der Waals surface area (Å²) in [4.78, 5) is 64.1. The zero-order chi connectivity index (χ0) is 30.4. The molecule has 41 heavy (non-hydrogen) atoms. The van der Waals surface area contributed by atoms with Crippen LogP contribution in [0.1, 0.15) is 64.6 Å². The molecule has 0 fully saturated rings. The van der Waals surface area contributed by atoms with Gasteiger partial charge in [0.2, 0.25) is 6.79 Å². The lowest BCUT2D eigenvalue weighted by Crippen LogP contribution is -2.60. The van der Waals surface area contributed by atoms with Gasteiger partial charge < -0.3 is 25.1 Å². The van der Waals surface area contributed by atoms with E-state index in [1.807, 2.05) is 19.9 Å². The van der Waals surface area contributed by atoms with Crippen LogP contribution in [-0.2, 0) is 19.1 Å². The van der Waals surface area contributed by atoms with Gasteiger partial charge in [-0.15, -0.1) is 17.4 Å². The minimum Gasteiger partial charge on any atom is -0.496 e. The summed E-state index contributed by atoms with van der Waals surface area (Å²) in [6.07, 6.45) is -1.98. The molecule has 224 valence electrons. The summed E-state index contributed by atoms with van der Waals surface area (Å²) in [5.41, 5.74) is 6.50. The lowest BCUT2D eigenvalue weighted by atomic mass is 10.0. The van der Waals surface area contributed by atoms with Gasteiger partial charge in [-0.25, -0.2) is 9.80 Å². The Kier molecular flexibility index (Phi) is 12.3. The van der Waals surface area contributed by atoms with Crippen LogP contribution in [0.15, 0.2) is 36.4 Å². The largest absolute Gasteiger partial charge is 0.496 e. The molecular weight excluding hydrogens is 558 g/mol. The first-order chi connectivity index (χ1) is 18.6. The Bertz CT molecular complexity index is 1290. The molecule has 1 unspecified atom stereocenters. The lowest BCUT2D eigenvalue weighted by molar-refractivity contribution is -0.156. The molecule has 0 aromatic heterocycles. The van der Waals surface area contributed by atoms with Gasteiger partial charge in [-0.05, 0) is 65.8 Å². The van der Waals surface area contributed by atoms with Crippen LogP contribution < -0.4 is 10.5 Å². The molecule has 2 rings (SSSR count). The fraction of sp³-hybridized carbons (Fsp3) is 0.393. The molecule has 13 heteroatoms. The Morgan fingerprint density at radius 3 is 2.05 bits per heavy atom. The lowest BCUT2D eigenvalue weighted by Gasteiger charge is -2.41. The molecule has 12 nitrogen and oxygen atoms in total. The number of carbonyl (C=O) groups excluding carboxylic acids is 4. The number of halogens is 1. The molecule has 2 aromatic carbocycles. The Labute approximate surface area is 244 Å². The van der Waals surface area contributed by atoms with E-state index in [-0.39, 0.29) is 23.5 Å². The fourth-order valence-corrected chi connectivity index (χ4v) is 3.89. The van der Waals surface area contributed by atoms with Crippen molar-refractivity contribution < 1.29 is 43.3 Å². The number of hydrogen-bond acceptors (Lipinski definition) is 9. The predicted octanol–water partition coefficient (Wildman–Crippen LogP) is 3.78. The van der Waals surface area contributed by atoms with Crippen molar-refractivity contribution in [2.45, 2.75) is 59.5 Å². The summed E-state index contributed by atoms with van der Waals surface area (Å²) in [5, 5.41) is 10.4. The molecule has 0 spiro atoms. The third-order valence-corrected chi connectivity index (χ3v) is 5.70. The maximum atomic E-state index is 13.9. The molecule has 0 aliphatic rings. The first-order valence-corrected chi connectivity index (χ1v) is 12.3. The number of hydrogen-bond donors (Lipinski definition) is 2. The van der Waals surface area contributed by atoms with Crippen molar-refractivity contribution in [3.05, 3.63) is 64.2 Å². The summed E-state index contributed by atoms with van der Waals surface area (Å²) < 4.78 is 15.2. The second kappa shape index (κ2) is 14.5. The number of carboxylic acid groups (broad SMARTS) is 1. The van der Waals surface area contributed by atoms with E-state index in [0.29, 0.717) is 16.3 Å². The minimum atomic E-state index is -1.51. The van der Waals surface area contributed by atoms with Crippen molar-refractivity contribution in [1.82, 2.24) is 10.0 Å². The van der Waals surface area contributed by atoms with Crippen molar-refractivity contribution in [1.29, 1.82) is 0 Å². The van der Waals surface area contributed by atoms with Gasteiger partial charge in [0, 0.05) is 16.7 Å². The van der Waals surface area contributed by atoms with Gasteiger partial charge in [-0.1, -0.05) is 23.3 Å². The van der Waals surface area contributed by atoms with E-state index in [1.54, 1.807) is 52.0 Å². The predicted molar refractivity (Wildman–Crippen MR) is 151 cm³/mol. The van der Waals surface area contributed by atoms with Crippen LogP contribution in [0, 0.1) is 20.8 Å². The van der Waals surface area contributed by atoms with Crippen LogP contribution in [0.4, 0.5) is 4.79 Å². The average molecular weight is 594 g/mol. The number of esters is 1. The molecule has 3 amide bonds. The molecule has 2 aromatic rings. The number of carbonyl (C=O) groups is 5. The molecule has 0 saturated carbocycles. The second-order valence-electron chi connectivity index (χ2n) is 10.1. The van der Waals surface area contributed by atoms with Crippen LogP contribution in [0.2, 0.25) is 0 Å². The van der Waals surface area contributed by atoms with E-state index in [0.717, 1.165) is 16.1 Å². The highest BCUT2D eigenvalue weighted by Crippen LogP contribution is 2.27. The quantitative estimate of drug-likeness (QED) is 0.261. The molecule has 0 saturated heterocycles. The van der Waals surface area contributed by atoms with Crippen molar-refractivity contribution in [3.63, 3.8) is 0 Å². The second-order valence-corrected chi connectivity index (χ2v) is 10.1. The third-order valence-electron chi connectivity index (χ3n) is 5.70. The van der Waals surface area contributed by atoms with Gasteiger partial charge in [0.1, 0.15) is 11.8 Å². The summed E-state index contributed by atoms with van der Waals surface area (Å²) in [6, 6.07) is 8.29. The van der Waals surface area contributed by atoms with E-state index >= 15 is 0 Å². The molecule has 0 radical (unpaired) electrons. The molecule has 0 aliphatic carbocycles. The Balaban J connectivity index is 0.00000840. The van der Waals surface area contributed by atoms with Crippen molar-refractivity contribution in [2.24, 2.45) is 5.73 Å². The molecule has 0 aliphatic heterocycles. The summed E-state index contributed by atoms with van der Waals surface area (Å²) in [5.74, 6) is -3.62. The number of nitrogens with two attached hydrogens (primary N) is 1. The molecular formula is C28H36ClN3O9.